The predicted octanol–water partition coefficient (Wildman–Crippen LogP) is 4.38. The molecular weight excluding hydrogens is 626 g/mol. The monoisotopic (exact) mass is 665 g/mol. The van der Waals surface area contributed by atoms with Crippen molar-refractivity contribution in [3.63, 3.8) is 0 Å². The summed E-state index contributed by atoms with van der Waals surface area (Å²) in [4.78, 5) is 28.3. The first kappa shape index (κ1) is 34.5. The van der Waals surface area contributed by atoms with Crippen LogP contribution in [0.5, 0.6) is 0 Å². The molecule has 1 aliphatic rings. The maximum Gasteiger partial charge on any atom is 0.277 e. The van der Waals surface area contributed by atoms with Gasteiger partial charge in [0.05, 0.1) is 22.3 Å². The van der Waals surface area contributed by atoms with E-state index in [0.717, 1.165) is 23.3 Å². The number of fused-ring (bicyclic) bond motifs is 1. The van der Waals surface area contributed by atoms with Gasteiger partial charge in [-0.3, -0.25) is 9.48 Å². The normalized spacial score (nSPS) is 14.4. The second-order valence-electron chi connectivity index (χ2n) is 11.0. The largest absolute Gasteiger partial charge is 0.370 e. The average molecular weight is 666 g/mol. The van der Waals surface area contributed by atoms with E-state index in [9.17, 15) is 18.5 Å². The zero-order valence-corrected chi connectivity index (χ0v) is 27.8. The predicted molar refractivity (Wildman–Crippen MR) is 174 cm³/mol. The zero-order valence-electron chi connectivity index (χ0n) is 26.1. The second kappa shape index (κ2) is 14.4. The van der Waals surface area contributed by atoms with Crippen molar-refractivity contribution in [2.75, 3.05) is 29.5 Å². The third-order valence-corrected chi connectivity index (χ3v) is 8.29. The third-order valence-electron chi connectivity index (χ3n) is 7.05. The first-order chi connectivity index (χ1) is 21.2. The van der Waals surface area contributed by atoms with Gasteiger partial charge in [0.2, 0.25) is 11.6 Å². The average Bonchev–Trinajstić information content (AvgIpc) is 3.61. The summed E-state index contributed by atoms with van der Waals surface area (Å²) in [5, 5.41) is 25.6. The van der Waals surface area contributed by atoms with Crippen molar-refractivity contribution < 1.29 is 33.1 Å². The van der Waals surface area contributed by atoms with Gasteiger partial charge in [0.25, 0.3) is 5.91 Å². The lowest BCUT2D eigenvalue weighted by molar-refractivity contribution is -0.432. The summed E-state index contributed by atoms with van der Waals surface area (Å²) in [6.07, 6.45) is 0. The Morgan fingerprint density at radius 3 is 2.38 bits per heavy atom. The Hall–Kier alpha value is -3.36. The van der Waals surface area contributed by atoms with Crippen LogP contribution >= 0.6 is 22.9 Å². The minimum atomic E-state index is -3.71. The lowest BCUT2D eigenvalue weighted by atomic mass is 10.1. The first-order valence-corrected chi connectivity index (χ1v) is 16.7. The van der Waals surface area contributed by atoms with E-state index in [2.05, 4.69) is 29.7 Å². The van der Waals surface area contributed by atoms with Gasteiger partial charge in [0, 0.05) is 61.4 Å². The number of benzene rings is 1. The smallest absolute Gasteiger partial charge is 0.277 e. The molecule has 0 fully saturated rings. The standard InChI is InChI=1S/C27H39N9O7S2/c1-16(2)35(17(3)4)27(37)24-23(26-29-25(32-36(26)31-24)22-15-19(6)33(7)30-22)28-21-9-8-20(14-18(21)5)34(10-12-44-43-42-38)11-13-45(39,40)41/h8-9,14-17,38-41H,10-13H2,1-7H3. The van der Waals surface area contributed by atoms with Crippen molar-refractivity contribution in [1.82, 2.24) is 29.6 Å². The summed E-state index contributed by atoms with van der Waals surface area (Å²) in [6.45, 7) is 12.0. The Labute approximate surface area is 267 Å². The number of carbonyl (C=O) groups excluding carboxylic acids is 1. The van der Waals surface area contributed by atoms with Gasteiger partial charge in [-0.2, -0.15) is 5.10 Å². The van der Waals surface area contributed by atoms with E-state index < -0.39 is 10.9 Å². The molecule has 2 aromatic heterocycles. The van der Waals surface area contributed by atoms with Gasteiger partial charge >= 0.3 is 0 Å². The number of rotatable bonds is 14. The summed E-state index contributed by atoms with van der Waals surface area (Å²) >= 11 is 0.857. The van der Waals surface area contributed by atoms with Crippen molar-refractivity contribution in [3.8, 4) is 11.5 Å². The van der Waals surface area contributed by atoms with Crippen LogP contribution in [0.15, 0.2) is 34.4 Å². The van der Waals surface area contributed by atoms with Gasteiger partial charge in [-0.25, -0.2) is 15.2 Å². The van der Waals surface area contributed by atoms with Crippen LogP contribution in [-0.2, 0) is 21.2 Å². The minimum absolute atomic E-state index is 0.0915. The van der Waals surface area contributed by atoms with Gasteiger partial charge < -0.3 is 23.5 Å². The maximum atomic E-state index is 13.9. The molecule has 3 heterocycles. The quantitative estimate of drug-likeness (QED) is 0.0822. The Bertz CT molecular complexity index is 1550. The molecule has 0 saturated carbocycles. The summed E-state index contributed by atoms with van der Waals surface area (Å²) in [5.74, 6) is 0.455. The molecule has 1 amide bonds. The molecule has 4 rings (SSSR count). The Morgan fingerprint density at radius 1 is 1.09 bits per heavy atom. The highest BCUT2D eigenvalue weighted by Gasteiger charge is 2.36. The van der Waals surface area contributed by atoms with Crippen molar-refractivity contribution in [3.05, 3.63) is 41.3 Å². The van der Waals surface area contributed by atoms with Gasteiger partial charge in [0.1, 0.15) is 11.4 Å². The molecule has 4 N–H and O–H groups in total. The van der Waals surface area contributed by atoms with Gasteiger partial charge in [-0.1, -0.05) is 5.04 Å². The first-order valence-electron chi connectivity index (χ1n) is 14.1. The molecule has 0 atom stereocenters. The molecule has 0 radical (unpaired) electrons. The molecule has 16 nitrogen and oxygen atoms in total. The lowest BCUT2D eigenvalue weighted by Crippen LogP contribution is -2.47. The molecule has 0 saturated heterocycles. The van der Waals surface area contributed by atoms with E-state index in [-0.39, 0.29) is 41.7 Å². The number of nitrogens with zero attached hydrogens (tertiary/aromatic N) is 9. The number of aliphatic imine (C=N–C) groups is 1. The van der Waals surface area contributed by atoms with Crippen molar-refractivity contribution in [2.45, 2.75) is 53.6 Å². The van der Waals surface area contributed by atoms with Crippen LogP contribution in [0.1, 0.15) is 44.8 Å². The number of hydrogen-bond donors (Lipinski definition) is 4. The molecule has 45 heavy (non-hydrogen) atoms. The van der Waals surface area contributed by atoms with Crippen molar-refractivity contribution in [2.24, 2.45) is 17.1 Å². The van der Waals surface area contributed by atoms with Crippen LogP contribution in [-0.4, -0.2) is 102 Å². The number of amides is 1. The zero-order chi connectivity index (χ0) is 33.1. The third kappa shape index (κ3) is 8.27. The van der Waals surface area contributed by atoms with Crippen molar-refractivity contribution in [1.29, 1.82) is 0 Å². The van der Waals surface area contributed by atoms with E-state index in [1.807, 2.05) is 65.6 Å². The van der Waals surface area contributed by atoms with Crippen LogP contribution in [0, 0.1) is 13.8 Å². The highest BCUT2D eigenvalue weighted by molar-refractivity contribution is 8.19. The fraction of sp³-hybridized carbons (Fsp3) is 0.481. The molecule has 0 unspecified atom stereocenters. The highest BCUT2D eigenvalue weighted by Crippen LogP contribution is 2.33. The molecule has 0 bridgehead atoms. The molecule has 246 valence electrons. The lowest BCUT2D eigenvalue weighted by Gasteiger charge is -2.30. The Morgan fingerprint density at radius 2 is 1.80 bits per heavy atom. The van der Waals surface area contributed by atoms with E-state index in [0.29, 0.717) is 41.0 Å². The summed E-state index contributed by atoms with van der Waals surface area (Å²) in [5.41, 5.74) is 3.91. The van der Waals surface area contributed by atoms with E-state index in [1.165, 1.54) is 4.79 Å². The van der Waals surface area contributed by atoms with Gasteiger partial charge in [-0.15, -0.1) is 19.3 Å². The Balaban J connectivity index is 1.74. The summed E-state index contributed by atoms with van der Waals surface area (Å²) in [7, 11) is -1.89. The van der Waals surface area contributed by atoms with E-state index in [1.54, 1.807) is 21.7 Å². The van der Waals surface area contributed by atoms with Crippen LogP contribution in [0.3, 0.4) is 0 Å². The Kier molecular flexibility index (Phi) is 11.0. The fourth-order valence-corrected chi connectivity index (χ4v) is 5.74. The molecule has 0 aliphatic carbocycles. The molecular formula is C27H39N9O7S2. The molecule has 1 aromatic carbocycles. The van der Waals surface area contributed by atoms with Crippen LogP contribution in [0.25, 0.3) is 11.5 Å². The highest BCUT2D eigenvalue weighted by atomic mass is 32.3. The molecule has 0 spiro atoms. The van der Waals surface area contributed by atoms with Crippen LogP contribution < -0.4 is 4.90 Å². The van der Waals surface area contributed by atoms with Crippen LogP contribution in [0.4, 0.5) is 11.4 Å². The molecule has 3 aromatic rings. The van der Waals surface area contributed by atoms with E-state index >= 15 is 0 Å². The van der Waals surface area contributed by atoms with Gasteiger partial charge in [0.15, 0.2) is 5.71 Å². The van der Waals surface area contributed by atoms with E-state index in [4.69, 9.17) is 10.2 Å². The number of hydrogen-bond acceptors (Lipinski definition) is 14. The van der Waals surface area contributed by atoms with Crippen LogP contribution in [0.2, 0.25) is 0 Å². The number of anilines is 1. The number of aryl methyl sites for hydroxylation is 3. The summed E-state index contributed by atoms with van der Waals surface area (Å²) < 4.78 is 34.8. The summed E-state index contributed by atoms with van der Waals surface area (Å²) in [6, 6.07) is 7.10. The van der Waals surface area contributed by atoms with Gasteiger partial charge in [-0.05, 0) is 71.4 Å². The maximum absolute atomic E-state index is 13.9. The minimum Gasteiger partial charge on any atom is -0.370 e. The fourth-order valence-electron chi connectivity index (χ4n) is 4.87. The second-order valence-corrected chi connectivity index (χ2v) is 13.5. The SMILES string of the molecule is Cc1cc(N(CCSOOO)CCS(O)(O)O)ccc1N=C1C(C(=O)N(C(C)C)C(C)C)=Nn2nc(-c3cc(C)n(C)n3)nc21. The molecule has 1 aliphatic heterocycles. The van der Waals surface area contributed by atoms with Crippen molar-refractivity contribution >= 4 is 51.6 Å². The number of aromatic nitrogens is 5. The topological polar surface area (TPSA) is 196 Å². The molecule has 18 heteroatoms. The number of carbonyl (C=O) groups is 1.